The second-order valence-corrected chi connectivity index (χ2v) is 3.39. The number of carbonyl (C=O) groups is 1. The zero-order chi connectivity index (χ0) is 11.1. The molecule has 0 spiro atoms. The number of alkyl halides is 3. The number of hydrogen-bond donors (Lipinski definition) is 1. The molecule has 0 fully saturated rings. The van der Waals surface area contributed by atoms with Crippen LogP contribution in [0.1, 0.15) is 21.7 Å². The summed E-state index contributed by atoms with van der Waals surface area (Å²) in [4.78, 5) is 12.1. The number of aromatic carboxylic acids is 1. The molecular formula is C7H4BrF3NO2-. The monoisotopic (exact) mass is 270 g/mol. The Balaban J connectivity index is 3.37. The van der Waals surface area contributed by atoms with E-state index in [-0.39, 0.29) is 10.0 Å². The second kappa shape index (κ2) is 3.30. The van der Waals surface area contributed by atoms with E-state index >= 15 is 0 Å². The van der Waals surface area contributed by atoms with Crippen molar-refractivity contribution in [3.63, 3.8) is 0 Å². The fourth-order valence-corrected chi connectivity index (χ4v) is 1.45. The maximum atomic E-state index is 12.2. The zero-order valence-electron chi connectivity index (χ0n) is 6.83. The van der Waals surface area contributed by atoms with Crippen LogP contribution in [0.25, 0.3) is 0 Å². The minimum absolute atomic E-state index is 0.134. The maximum Gasteiger partial charge on any atom is 0.431 e. The number of hydrogen-bond acceptors (Lipinski definition) is 2. The van der Waals surface area contributed by atoms with Gasteiger partial charge in [0.1, 0.15) is 5.69 Å². The van der Waals surface area contributed by atoms with E-state index < -0.39 is 23.5 Å². The van der Waals surface area contributed by atoms with Crippen LogP contribution in [0.5, 0.6) is 0 Å². The molecule has 0 aliphatic carbocycles. The lowest BCUT2D eigenvalue weighted by molar-refractivity contribution is -0.255. The van der Waals surface area contributed by atoms with Crippen molar-refractivity contribution in [1.82, 2.24) is 4.98 Å². The van der Waals surface area contributed by atoms with Crippen molar-refractivity contribution >= 4 is 21.9 Å². The standard InChI is InChI=1S/C7H5BrF3NO2/c1-2-3(8)4(6(13)14)12-5(2)7(9,10)11/h12H,1H3,(H,13,14)/p-1. The molecule has 0 unspecified atom stereocenters. The van der Waals surface area contributed by atoms with Crippen molar-refractivity contribution in [3.8, 4) is 0 Å². The van der Waals surface area contributed by atoms with Gasteiger partial charge in [0.2, 0.25) is 0 Å². The van der Waals surface area contributed by atoms with Crippen LogP contribution in [0.15, 0.2) is 4.47 Å². The Kier molecular flexibility index (Phi) is 2.62. The first-order valence-corrected chi connectivity index (χ1v) is 4.21. The van der Waals surface area contributed by atoms with Crippen LogP contribution in [0, 0.1) is 6.92 Å². The molecule has 0 atom stereocenters. The number of carboxylic acid groups (broad SMARTS) is 1. The molecule has 0 saturated heterocycles. The molecule has 1 rings (SSSR count). The highest BCUT2D eigenvalue weighted by atomic mass is 79.9. The van der Waals surface area contributed by atoms with Gasteiger partial charge in [-0.3, -0.25) is 0 Å². The second-order valence-electron chi connectivity index (χ2n) is 2.60. The molecule has 0 radical (unpaired) electrons. The van der Waals surface area contributed by atoms with Gasteiger partial charge in [-0.1, -0.05) is 0 Å². The Labute approximate surface area is 85.1 Å². The predicted molar refractivity (Wildman–Crippen MR) is 42.6 cm³/mol. The van der Waals surface area contributed by atoms with E-state index in [1.165, 1.54) is 0 Å². The van der Waals surface area contributed by atoms with Crippen LogP contribution in [0.2, 0.25) is 0 Å². The van der Waals surface area contributed by atoms with E-state index in [1.807, 2.05) is 0 Å². The van der Waals surface area contributed by atoms with Crippen molar-refractivity contribution in [3.05, 3.63) is 21.4 Å². The fraction of sp³-hybridized carbons (Fsp3) is 0.286. The lowest BCUT2D eigenvalue weighted by Gasteiger charge is -2.04. The van der Waals surface area contributed by atoms with E-state index in [4.69, 9.17) is 0 Å². The first-order valence-electron chi connectivity index (χ1n) is 3.41. The van der Waals surface area contributed by atoms with Gasteiger partial charge < -0.3 is 14.9 Å². The van der Waals surface area contributed by atoms with Crippen molar-refractivity contribution in [2.45, 2.75) is 13.1 Å². The Morgan fingerprint density at radius 1 is 1.50 bits per heavy atom. The number of carboxylic acids is 1. The number of H-pyrrole nitrogens is 1. The number of carbonyl (C=O) groups excluding carboxylic acids is 1. The molecule has 3 nitrogen and oxygen atoms in total. The van der Waals surface area contributed by atoms with Crippen LogP contribution in [0.3, 0.4) is 0 Å². The summed E-state index contributed by atoms with van der Waals surface area (Å²) < 4.78 is 36.6. The average Bonchev–Trinajstić information content (AvgIpc) is 2.28. The van der Waals surface area contributed by atoms with Gasteiger partial charge in [-0.2, -0.15) is 13.2 Å². The summed E-state index contributed by atoms with van der Waals surface area (Å²) >= 11 is 2.74. The minimum Gasteiger partial charge on any atom is -0.543 e. The Bertz CT molecular complexity index is 383. The number of aromatic amines is 1. The molecule has 0 amide bonds. The van der Waals surface area contributed by atoms with Gasteiger partial charge in [-0.15, -0.1) is 0 Å². The number of aromatic nitrogens is 1. The van der Waals surface area contributed by atoms with Crippen LogP contribution < -0.4 is 5.11 Å². The average molecular weight is 271 g/mol. The van der Waals surface area contributed by atoms with E-state index in [9.17, 15) is 23.1 Å². The normalized spacial score (nSPS) is 11.8. The topological polar surface area (TPSA) is 55.9 Å². The minimum atomic E-state index is -4.60. The van der Waals surface area contributed by atoms with Crippen LogP contribution >= 0.6 is 15.9 Å². The van der Waals surface area contributed by atoms with Crippen molar-refractivity contribution in [2.75, 3.05) is 0 Å². The molecule has 14 heavy (non-hydrogen) atoms. The molecule has 0 saturated carbocycles. The largest absolute Gasteiger partial charge is 0.543 e. The van der Waals surface area contributed by atoms with E-state index in [0.29, 0.717) is 0 Å². The highest BCUT2D eigenvalue weighted by Crippen LogP contribution is 2.35. The summed E-state index contributed by atoms with van der Waals surface area (Å²) in [7, 11) is 0. The number of rotatable bonds is 1. The molecule has 1 aromatic heterocycles. The molecule has 1 aromatic rings. The van der Waals surface area contributed by atoms with Crippen molar-refractivity contribution in [2.24, 2.45) is 0 Å². The Morgan fingerprint density at radius 3 is 2.21 bits per heavy atom. The predicted octanol–water partition coefficient (Wildman–Crippen LogP) is 1.47. The van der Waals surface area contributed by atoms with Gasteiger partial charge in [-0.05, 0) is 28.4 Å². The summed E-state index contributed by atoms with van der Waals surface area (Å²) in [5, 5.41) is 10.4. The van der Waals surface area contributed by atoms with Crippen LogP contribution in [-0.4, -0.2) is 11.0 Å². The highest BCUT2D eigenvalue weighted by Gasteiger charge is 2.36. The Morgan fingerprint density at radius 2 is 2.00 bits per heavy atom. The first-order chi connectivity index (χ1) is 6.25. The van der Waals surface area contributed by atoms with Crippen molar-refractivity contribution < 1.29 is 23.1 Å². The molecule has 1 heterocycles. The zero-order valence-corrected chi connectivity index (χ0v) is 8.41. The number of halogens is 4. The summed E-state index contributed by atoms with van der Waals surface area (Å²) in [6.45, 7) is 1.16. The van der Waals surface area contributed by atoms with Gasteiger partial charge in [0, 0.05) is 4.47 Å². The lowest BCUT2D eigenvalue weighted by atomic mass is 10.2. The van der Waals surface area contributed by atoms with Gasteiger partial charge in [0.15, 0.2) is 0 Å². The molecule has 0 aliphatic rings. The summed E-state index contributed by atoms with van der Waals surface area (Å²) in [5.74, 6) is -1.68. The molecule has 0 aromatic carbocycles. The third kappa shape index (κ3) is 1.77. The molecule has 0 aliphatic heterocycles. The lowest BCUT2D eigenvalue weighted by Crippen LogP contribution is -2.23. The van der Waals surface area contributed by atoms with Crippen molar-refractivity contribution in [1.29, 1.82) is 0 Å². The third-order valence-electron chi connectivity index (χ3n) is 1.66. The van der Waals surface area contributed by atoms with Crippen LogP contribution in [0.4, 0.5) is 13.2 Å². The SMILES string of the molecule is Cc1c(C(F)(F)F)[nH]c(C(=O)[O-])c1Br. The smallest absolute Gasteiger partial charge is 0.431 e. The summed E-state index contributed by atoms with van der Waals surface area (Å²) in [5.41, 5.74) is -1.88. The van der Waals surface area contributed by atoms with Gasteiger partial charge in [0.05, 0.1) is 11.7 Å². The molecule has 7 heteroatoms. The van der Waals surface area contributed by atoms with Crippen LogP contribution in [-0.2, 0) is 6.18 Å². The fourth-order valence-electron chi connectivity index (χ4n) is 0.995. The number of nitrogens with one attached hydrogen (secondary N) is 1. The third-order valence-corrected chi connectivity index (χ3v) is 2.65. The molecular weight excluding hydrogens is 267 g/mol. The van der Waals surface area contributed by atoms with E-state index in [1.54, 1.807) is 4.98 Å². The highest BCUT2D eigenvalue weighted by molar-refractivity contribution is 9.10. The maximum absolute atomic E-state index is 12.2. The van der Waals surface area contributed by atoms with E-state index in [0.717, 1.165) is 6.92 Å². The quantitative estimate of drug-likeness (QED) is 0.840. The molecule has 0 bridgehead atoms. The van der Waals surface area contributed by atoms with Gasteiger partial charge in [0.25, 0.3) is 0 Å². The van der Waals surface area contributed by atoms with E-state index in [2.05, 4.69) is 15.9 Å². The van der Waals surface area contributed by atoms with Gasteiger partial charge in [-0.25, -0.2) is 0 Å². The summed E-state index contributed by atoms with van der Waals surface area (Å²) in [6.07, 6.45) is -4.60. The molecule has 1 N–H and O–H groups in total. The Hall–Kier alpha value is -0.980. The first kappa shape index (κ1) is 11.1. The molecule has 78 valence electrons. The van der Waals surface area contributed by atoms with Gasteiger partial charge >= 0.3 is 6.18 Å². The summed E-state index contributed by atoms with van der Waals surface area (Å²) in [6, 6.07) is 0.